The van der Waals surface area contributed by atoms with Gasteiger partial charge in [-0.05, 0) is 18.2 Å². The molecule has 0 heterocycles. The first-order valence-corrected chi connectivity index (χ1v) is 6.63. The number of carbonyl (C=O) groups is 2. The first kappa shape index (κ1) is 16.0. The van der Waals surface area contributed by atoms with E-state index >= 15 is 0 Å². The van der Waals surface area contributed by atoms with Gasteiger partial charge in [-0.2, -0.15) is 13.2 Å². The van der Waals surface area contributed by atoms with Gasteiger partial charge in [-0.1, -0.05) is 15.9 Å². The van der Waals surface area contributed by atoms with E-state index in [0.717, 1.165) is 0 Å². The van der Waals surface area contributed by atoms with Gasteiger partial charge in [-0.25, -0.2) is 4.79 Å². The van der Waals surface area contributed by atoms with Crippen molar-refractivity contribution in [2.24, 2.45) is 0 Å². The second kappa shape index (κ2) is 6.42. The first-order valence-electron chi connectivity index (χ1n) is 4.85. The zero-order valence-corrected chi connectivity index (χ0v) is 12.0. The van der Waals surface area contributed by atoms with Crippen molar-refractivity contribution in [1.29, 1.82) is 0 Å². The molecule has 1 aromatic rings. The number of benzene rings is 1. The van der Waals surface area contributed by atoms with Gasteiger partial charge in [-0.15, -0.1) is 11.8 Å². The summed E-state index contributed by atoms with van der Waals surface area (Å²) in [6, 6.07) is 4.35. The van der Waals surface area contributed by atoms with Gasteiger partial charge in [0.1, 0.15) is 0 Å². The molecule has 0 aliphatic carbocycles. The monoisotopic (exact) mass is 356 g/mol. The molecule has 1 aromatic carbocycles. The molecule has 8 heteroatoms. The summed E-state index contributed by atoms with van der Waals surface area (Å²) < 4.78 is 41.2. The number of Topliss-reactive ketones (excluding diaryl/α,β-unsaturated/α-hetero) is 1. The average molecular weight is 357 g/mol. The molecule has 0 fully saturated rings. The maximum Gasteiger partial charge on any atom is 0.450 e. The number of methoxy groups -OCH3 is 1. The molecular weight excluding hydrogens is 349 g/mol. The zero-order chi connectivity index (χ0) is 14.6. The van der Waals surface area contributed by atoms with E-state index in [2.05, 4.69) is 20.7 Å². The van der Waals surface area contributed by atoms with Gasteiger partial charge >= 0.3 is 12.1 Å². The molecular formula is C11H8BrF3O3S. The predicted octanol–water partition coefficient (Wildman–Crippen LogP) is 3.46. The van der Waals surface area contributed by atoms with Gasteiger partial charge in [0.05, 0.1) is 18.4 Å². The topological polar surface area (TPSA) is 43.4 Å². The zero-order valence-electron chi connectivity index (χ0n) is 9.58. The third-order valence-electron chi connectivity index (χ3n) is 1.98. The lowest BCUT2D eigenvalue weighted by Gasteiger charge is -2.07. The predicted molar refractivity (Wildman–Crippen MR) is 67.3 cm³/mol. The number of hydrogen-bond donors (Lipinski definition) is 0. The van der Waals surface area contributed by atoms with Crippen LogP contribution in [0.5, 0.6) is 0 Å². The number of halogens is 4. The second-order valence-electron chi connectivity index (χ2n) is 3.38. The van der Waals surface area contributed by atoms with E-state index in [0.29, 0.717) is 21.1 Å². The first-order chi connectivity index (χ1) is 8.74. The fourth-order valence-corrected chi connectivity index (χ4v) is 2.64. The molecule has 0 N–H and O–H groups in total. The Morgan fingerprint density at radius 1 is 1.32 bits per heavy atom. The molecule has 0 atom stereocenters. The molecule has 0 aliphatic heterocycles. The maximum atomic E-state index is 12.0. The molecule has 0 radical (unpaired) electrons. The smallest absolute Gasteiger partial charge is 0.450 e. The van der Waals surface area contributed by atoms with Crippen LogP contribution in [0.4, 0.5) is 13.2 Å². The van der Waals surface area contributed by atoms with Gasteiger partial charge in [-0.3, -0.25) is 4.79 Å². The fraction of sp³-hybridized carbons (Fsp3) is 0.273. The van der Waals surface area contributed by atoms with Crippen LogP contribution in [-0.2, 0) is 9.53 Å². The number of alkyl halides is 3. The highest BCUT2D eigenvalue weighted by molar-refractivity contribution is 9.10. The summed E-state index contributed by atoms with van der Waals surface area (Å²) >= 11 is 3.83. The lowest BCUT2D eigenvalue weighted by atomic mass is 10.2. The van der Waals surface area contributed by atoms with Crippen molar-refractivity contribution in [3.05, 3.63) is 28.2 Å². The van der Waals surface area contributed by atoms with Crippen molar-refractivity contribution in [1.82, 2.24) is 0 Å². The summed E-state index contributed by atoms with van der Waals surface area (Å²) in [4.78, 5) is 22.4. The van der Waals surface area contributed by atoms with Crippen LogP contribution in [0.3, 0.4) is 0 Å². The Morgan fingerprint density at radius 2 is 1.95 bits per heavy atom. The minimum Gasteiger partial charge on any atom is -0.465 e. The highest BCUT2D eigenvalue weighted by atomic mass is 79.9. The fourth-order valence-electron chi connectivity index (χ4n) is 1.11. The summed E-state index contributed by atoms with van der Waals surface area (Å²) in [5.41, 5.74) is 0.193. The second-order valence-corrected chi connectivity index (χ2v) is 5.34. The molecule has 3 nitrogen and oxygen atoms in total. The molecule has 0 unspecified atom stereocenters. The van der Waals surface area contributed by atoms with Crippen LogP contribution in [0.1, 0.15) is 10.4 Å². The Labute approximate surface area is 119 Å². The Hall–Kier alpha value is -1.02. The molecule has 0 aromatic heterocycles. The number of ether oxygens (including phenoxy) is 1. The molecule has 104 valence electrons. The molecule has 1 rings (SSSR count). The van der Waals surface area contributed by atoms with Crippen LogP contribution in [0.15, 0.2) is 27.6 Å². The lowest BCUT2D eigenvalue weighted by Crippen LogP contribution is -2.24. The summed E-state index contributed by atoms with van der Waals surface area (Å²) in [6.07, 6.45) is -4.84. The van der Waals surface area contributed by atoms with Crippen molar-refractivity contribution in [3.8, 4) is 0 Å². The molecule has 0 amide bonds. The van der Waals surface area contributed by atoms with E-state index < -0.39 is 23.7 Å². The van der Waals surface area contributed by atoms with Gasteiger partial charge in [0.2, 0.25) is 5.78 Å². The lowest BCUT2D eigenvalue weighted by molar-refractivity contribution is -0.167. The number of rotatable bonds is 4. The molecule has 0 saturated heterocycles. The van der Waals surface area contributed by atoms with Crippen LogP contribution < -0.4 is 0 Å². The van der Waals surface area contributed by atoms with Crippen LogP contribution in [-0.4, -0.2) is 30.8 Å². The summed E-state index contributed by atoms with van der Waals surface area (Å²) in [5, 5.41) is 0. The van der Waals surface area contributed by atoms with E-state index in [1.165, 1.54) is 25.3 Å². The van der Waals surface area contributed by atoms with Gasteiger partial charge < -0.3 is 4.74 Å². The highest BCUT2D eigenvalue weighted by Gasteiger charge is 2.37. The van der Waals surface area contributed by atoms with E-state index in [1.54, 1.807) is 0 Å². The summed E-state index contributed by atoms with van der Waals surface area (Å²) in [7, 11) is 1.20. The number of ketones is 1. The Kier molecular flexibility index (Phi) is 5.42. The Balaban J connectivity index is 2.82. The van der Waals surface area contributed by atoms with Crippen molar-refractivity contribution in [2.75, 3.05) is 12.9 Å². The number of esters is 1. The van der Waals surface area contributed by atoms with E-state index in [4.69, 9.17) is 0 Å². The maximum absolute atomic E-state index is 12.0. The number of carbonyl (C=O) groups excluding carboxylic acids is 2. The Bertz CT molecular complexity index is 502. The summed E-state index contributed by atoms with van der Waals surface area (Å²) in [5.74, 6) is -3.16. The van der Waals surface area contributed by atoms with Crippen LogP contribution in [0, 0.1) is 0 Å². The minimum absolute atomic E-state index is 0.193. The molecule has 0 bridgehead atoms. The minimum atomic E-state index is -4.84. The quantitative estimate of drug-likeness (QED) is 0.612. The van der Waals surface area contributed by atoms with Crippen molar-refractivity contribution >= 4 is 39.4 Å². The largest absolute Gasteiger partial charge is 0.465 e. The number of hydrogen-bond acceptors (Lipinski definition) is 4. The SMILES string of the molecule is COC(=O)c1cc(Br)cc(SCC(=O)C(F)(F)F)c1. The summed E-state index contributed by atoms with van der Waals surface area (Å²) in [6.45, 7) is 0. The standard InChI is InChI=1S/C11H8BrF3O3S/c1-18-10(17)6-2-7(12)4-8(3-6)19-5-9(16)11(13,14)15/h2-4H,5H2,1H3. The van der Waals surface area contributed by atoms with Crippen LogP contribution >= 0.6 is 27.7 Å². The molecule has 0 spiro atoms. The average Bonchev–Trinajstić information content (AvgIpc) is 2.33. The van der Waals surface area contributed by atoms with Crippen molar-refractivity contribution < 1.29 is 27.5 Å². The van der Waals surface area contributed by atoms with Gasteiger partial charge in [0.25, 0.3) is 0 Å². The third kappa shape index (κ3) is 4.87. The van der Waals surface area contributed by atoms with Crippen LogP contribution in [0.2, 0.25) is 0 Å². The van der Waals surface area contributed by atoms with Gasteiger partial charge in [0, 0.05) is 9.37 Å². The normalized spacial score (nSPS) is 11.2. The van der Waals surface area contributed by atoms with Crippen LogP contribution in [0.25, 0.3) is 0 Å². The van der Waals surface area contributed by atoms with Crippen molar-refractivity contribution in [2.45, 2.75) is 11.1 Å². The molecule has 0 saturated carbocycles. The third-order valence-corrected chi connectivity index (χ3v) is 3.41. The number of thioether (sulfide) groups is 1. The Morgan fingerprint density at radius 3 is 2.47 bits per heavy atom. The van der Waals surface area contributed by atoms with E-state index in [1.807, 2.05) is 0 Å². The van der Waals surface area contributed by atoms with E-state index in [9.17, 15) is 22.8 Å². The molecule has 0 aliphatic rings. The highest BCUT2D eigenvalue weighted by Crippen LogP contribution is 2.27. The molecule has 19 heavy (non-hydrogen) atoms. The van der Waals surface area contributed by atoms with Crippen molar-refractivity contribution in [3.63, 3.8) is 0 Å². The van der Waals surface area contributed by atoms with E-state index in [-0.39, 0.29) is 5.56 Å². The van der Waals surface area contributed by atoms with Gasteiger partial charge in [0.15, 0.2) is 0 Å².